The molecule has 1 unspecified atom stereocenters. The molecule has 3 N–H and O–H groups in total. The maximum Gasteiger partial charge on any atom is 0.407 e. The second-order valence-electron chi connectivity index (χ2n) is 4.82. The number of methoxy groups -OCH3 is 1. The average molecular weight is 271 g/mol. The second-order valence-corrected chi connectivity index (χ2v) is 5.26. The average Bonchev–Trinajstić information content (AvgIpc) is 3.04. The van der Waals surface area contributed by atoms with Gasteiger partial charge < -0.3 is 20.7 Å². The molecule has 2 aliphatic rings. The Kier molecular flexibility index (Phi) is 3.43. The lowest BCUT2D eigenvalue weighted by molar-refractivity contribution is -0.133. The van der Waals surface area contributed by atoms with Crippen LogP contribution in [0.15, 0.2) is 0 Å². The molecule has 0 spiro atoms. The van der Waals surface area contributed by atoms with Crippen molar-refractivity contribution in [3.63, 3.8) is 0 Å². The maximum absolute atomic E-state index is 12.3. The van der Waals surface area contributed by atoms with Crippen LogP contribution in [0.3, 0.4) is 0 Å². The third kappa shape index (κ3) is 2.27. The summed E-state index contributed by atoms with van der Waals surface area (Å²) < 4.78 is 4.53. The molecule has 1 aliphatic carbocycles. The van der Waals surface area contributed by atoms with E-state index < -0.39 is 11.5 Å². The SMILES string of the molecule is COC(=O)NC1CCN(C(=O)C2(C(N)=S)CC2)C1. The number of nitrogens with two attached hydrogens (primary N) is 1. The molecule has 1 aliphatic heterocycles. The van der Waals surface area contributed by atoms with E-state index in [9.17, 15) is 9.59 Å². The molecule has 1 atom stereocenters. The lowest BCUT2D eigenvalue weighted by Crippen LogP contribution is -2.43. The van der Waals surface area contributed by atoms with Crippen molar-refractivity contribution in [1.82, 2.24) is 10.2 Å². The highest BCUT2D eigenvalue weighted by atomic mass is 32.1. The summed E-state index contributed by atoms with van der Waals surface area (Å²) in [4.78, 5) is 25.4. The number of carbonyl (C=O) groups excluding carboxylic acids is 2. The van der Waals surface area contributed by atoms with Crippen LogP contribution in [0.2, 0.25) is 0 Å². The van der Waals surface area contributed by atoms with Gasteiger partial charge in [0, 0.05) is 13.1 Å². The number of nitrogens with one attached hydrogen (secondary N) is 1. The van der Waals surface area contributed by atoms with Crippen LogP contribution in [0.5, 0.6) is 0 Å². The van der Waals surface area contributed by atoms with E-state index >= 15 is 0 Å². The molecule has 1 saturated heterocycles. The minimum atomic E-state index is -0.602. The summed E-state index contributed by atoms with van der Waals surface area (Å²) in [5.41, 5.74) is 5.03. The lowest BCUT2D eigenvalue weighted by Gasteiger charge is -2.22. The monoisotopic (exact) mass is 271 g/mol. The van der Waals surface area contributed by atoms with E-state index in [0.717, 1.165) is 19.3 Å². The number of amides is 2. The number of hydrogen-bond acceptors (Lipinski definition) is 4. The molecule has 0 bridgehead atoms. The van der Waals surface area contributed by atoms with Crippen molar-refractivity contribution in [2.75, 3.05) is 20.2 Å². The first-order chi connectivity index (χ1) is 8.49. The van der Waals surface area contributed by atoms with Crippen molar-refractivity contribution in [3.05, 3.63) is 0 Å². The first kappa shape index (κ1) is 13.1. The zero-order valence-corrected chi connectivity index (χ0v) is 11.1. The normalized spacial score (nSPS) is 24.5. The minimum Gasteiger partial charge on any atom is -0.453 e. The molecule has 0 aromatic rings. The fraction of sp³-hybridized carbons (Fsp3) is 0.727. The summed E-state index contributed by atoms with van der Waals surface area (Å²) in [5, 5.41) is 2.70. The van der Waals surface area contributed by atoms with Crippen molar-refractivity contribution in [1.29, 1.82) is 0 Å². The van der Waals surface area contributed by atoms with Gasteiger partial charge in [0.15, 0.2) is 0 Å². The molecule has 2 fully saturated rings. The van der Waals surface area contributed by atoms with Gasteiger partial charge in [-0.3, -0.25) is 4.79 Å². The van der Waals surface area contributed by atoms with Crippen LogP contribution >= 0.6 is 12.2 Å². The number of ether oxygens (including phenoxy) is 1. The smallest absolute Gasteiger partial charge is 0.407 e. The van der Waals surface area contributed by atoms with Gasteiger partial charge in [0.25, 0.3) is 0 Å². The molecule has 0 aromatic carbocycles. The Morgan fingerprint density at radius 1 is 1.50 bits per heavy atom. The Labute approximate surface area is 111 Å². The van der Waals surface area contributed by atoms with E-state index in [-0.39, 0.29) is 16.9 Å². The molecule has 0 aromatic heterocycles. The summed E-state index contributed by atoms with van der Waals surface area (Å²) in [5.74, 6) is 0.00386. The van der Waals surface area contributed by atoms with Gasteiger partial charge in [0.05, 0.1) is 23.6 Å². The summed E-state index contributed by atoms with van der Waals surface area (Å²) in [6, 6.07) is -0.0523. The zero-order chi connectivity index (χ0) is 13.3. The number of thiocarbonyl (C=S) groups is 1. The van der Waals surface area contributed by atoms with E-state index in [0.29, 0.717) is 13.1 Å². The van der Waals surface area contributed by atoms with Crippen molar-refractivity contribution < 1.29 is 14.3 Å². The first-order valence-electron chi connectivity index (χ1n) is 5.93. The van der Waals surface area contributed by atoms with Crippen LogP contribution in [0.25, 0.3) is 0 Å². The first-order valence-corrected chi connectivity index (χ1v) is 6.34. The Balaban J connectivity index is 1.91. The summed E-state index contributed by atoms with van der Waals surface area (Å²) in [6.07, 6.45) is 1.75. The fourth-order valence-corrected chi connectivity index (χ4v) is 2.57. The molecular formula is C11H17N3O3S. The van der Waals surface area contributed by atoms with Crippen LogP contribution in [0.1, 0.15) is 19.3 Å². The minimum absolute atomic E-state index is 0.00386. The predicted molar refractivity (Wildman–Crippen MR) is 69.0 cm³/mol. The largest absolute Gasteiger partial charge is 0.453 e. The molecule has 1 saturated carbocycles. The van der Waals surface area contributed by atoms with Crippen LogP contribution in [0.4, 0.5) is 4.79 Å². The Morgan fingerprint density at radius 3 is 2.67 bits per heavy atom. The molecule has 18 heavy (non-hydrogen) atoms. The molecular weight excluding hydrogens is 254 g/mol. The molecule has 2 amide bonds. The van der Waals surface area contributed by atoms with Crippen LogP contribution in [0, 0.1) is 5.41 Å². The number of carbonyl (C=O) groups is 2. The van der Waals surface area contributed by atoms with E-state index in [1.54, 1.807) is 4.90 Å². The summed E-state index contributed by atoms with van der Waals surface area (Å²) in [6.45, 7) is 1.12. The van der Waals surface area contributed by atoms with E-state index in [4.69, 9.17) is 18.0 Å². The van der Waals surface area contributed by atoms with Crippen molar-refractivity contribution >= 4 is 29.2 Å². The third-order valence-corrected chi connectivity index (χ3v) is 4.00. The summed E-state index contributed by atoms with van der Waals surface area (Å²) in [7, 11) is 1.32. The predicted octanol–water partition coefficient (Wildman–Crippen LogP) is 0.00960. The second kappa shape index (κ2) is 4.72. The third-order valence-electron chi connectivity index (χ3n) is 3.61. The lowest BCUT2D eigenvalue weighted by atomic mass is 10.1. The van der Waals surface area contributed by atoms with E-state index in [2.05, 4.69) is 10.1 Å². The number of hydrogen-bond donors (Lipinski definition) is 2. The topological polar surface area (TPSA) is 84.7 Å². The van der Waals surface area contributed by atoms with Crippen LogP contribution in [-0.2, 0) is 9.53 Å². The van der Waals surface area contributed by atoms with Gasteiger partial charge in [-0.1, -0.05) is 12.2 Å². The highest BCUT2D eigenvalue weighted by Crippen LogP contribution is 2.47. The molecule has 2 rings (SSSR count). The number of rotatable bonds is 3. The van der Waals surface area contributed by atoms with Gasteiger partial charge >= 0.3 is 6.09 Å². The quantitative estimate of drug-likeness (QED) is 0.706. The Morgan fingerprint density at radius 2 is 2.17 bits per heavy atom. The molecule has 1 heterocycles. The summed E-state index contributed by atoms with van der Waals surface area (Å²) >= 11 is 4.96. The molecule has 6 nitrogen and oxygen atoms in total. The van der Waals surface area contributed by atoms with E-state index in [1.807, 2.05) is 0 Å². The highest BCUT2D eigenvalue weighted by Gasteiger charge is 2.55. The van der Waals surface area contributed by atoms with Gasteiger partial charge in [0.2, 0.25) is 5.91 Å². The molecule has 7 heteroatoms. The Bertz CT molecular complexity index is 395. The fourth-order valence-electron chi connectivity index (χ4n) is 2.28. The van der Waals surface area contributed by atoms with Gasteiger partial charge in [-0.15, -0.1) is 0 Å². The van der Waals surface area contributed by atoms with Crippen molar-refractivity contribution in [3.8, 4) is 0 Å². The maximum atomic E-state index is 12.3. The van der Waals surface area contributed by atoms with Crippen LogP contribution in [-0.4, -0.2) is 48.1 Å². The van der Waals surface area contributed by atoms with Gasteiger partial charge in [-0.25, -0.2) is 4.79 Å². The zero-order valence-electron chi connectivity index (χ0n) is 10.3. The standard InChI is InChI=1S/C11H17N3O3S/c1-17-10(16)13-7-2-5-14(6-7)9(15)11(3-4-11)8(12)18/h7H,2-6H2,1H3,(H2,12,18)(H,13,16). The Hall–Kier alpha value is -1.37. The van der Waals surface area contributed by atoms with E-state index in [1.165, 1.54) is 7.11 Å². The van der Waals surface area contributed by atoms with Gasteiger partial charge in [-0.2, -0.15) is 0 Å². The van der Waals surface area contributed by atoms with Crippen molar-refractivity contribution in [2.24, 2.45) is 11.1 Å². The number of nitrogens with zero attached hydrogens (tertiary/aromatic N) is 1. The number of likely N-dealkylation sites (tertiary alicyclic amines) is 1. The van der Waals surface area contributed by atoms with Gasteiger partial charge in [0.1, 0.15) is 0 Å². The van der Waals surface area contributed by atoms with Crippen LogP contribution < -0.4 is 11.1 Å². The number of alkyl carbamates (subject to hydrolysis) is 1. The molecule has 0 radical (unpaired) electrons. The van der Waals surface area contributed by atoms with Crippen molar-refractivity contribution in [2.45, 2.75) is 25.3 Å². The highest BCUT2D eigenvalue weighted by molar-refractivity contribution is 7.80. The molecule has 100 valence electrons. The van der Waals surface area contributed by atoms with Gasteiger partial charge in [-0.05, 0) is 19.3 Å².